The van der Waals surface area contributed by atoms with E-state index >= 15 is 0 Å². The topological polar surface area (TPSA) is 41.4 Å². The van der Waals surface area contributed by atoms with Gasteiger partial charge in [0.05, 0.1) is 6.54 Å². The average molecular weight is 314 g/mol. The number of rotatable bonds is 6. The van der Waals surface area contributed by atoms with Crippen LogP contribution >= 0.6 is 0 Å². The van der Waals surface area contributed by atoms with E-state index in [9.17, 15) is 4.79 Å². The Bertz CT molecular complexity index is 663. The summed E-state index contributed by atoms with van der Waals surface area (Å²) in [6.07, 6.45) is 3.72. The molecule has 1 unspecified atom stereocenters. The third-order valence-corrected chi connectivity index (χ3v) is 4.13. The number of carbonyl (C=O) groups excluding carboxylic acids is 1. The minimum atomic E-state index is -0.286. The van der Waals surface area contributed by atoms with E-state index in [4.69, 9.17) is 0 Å². The van der Waals surface area contributed by atoms with Crippen LogP contribution in [0.3, 0.4) is 0 Å². The molecule has 0 N–H and O–H groups in total. The Morgan fingerprint density at radius 1 is 1.26 bits per heavy atom. The molecule has 0 aliphatic carbocycles. The monoisotopic (exact) mass is 314 g/mol. The summed E-state index contributed by atoms with van der Waals surface area (Å²) in [5, 5.41) is 0. The quantitative estimate of drug-likeness (QED) is 0.822. The molecule has 1 heterocycles. The van der Waals surface area contributed by atoms with Crippen LogP contribution in [0.1, 0.15) is 29.9 Å². The molecule has 0 saturated carbocycles. The first-order valence-corrected chi connectivity index (χ1v) is 7.92. The fourth-order valence-corrected chi connectivity index (χ4v) is 2.80. The number of benzene rings is 1. The predicted molar refractivity (Wildman–Crippen MR) is 92.0 cm³/mol. The van der Waals surface area contributed by atoms with Crippen LogP contribution in [-0.4, -0.2) is 46.4 Å². The number of hydrogen-bond acceptors (Lipinski definition) is 3. The van der Waals surface area contributed by atoms with Gasteiger partial charge in [0.1, 0.15) is 11.9 Å². The zero-order valence-electron chi connectivity index (χ0n) is 14.7. The molecular weight excluding hydrogens is 288 g/mol. The van der Waals surface area contributed by atoms with E-state index in [0.717, 1.165) is 23.5 Å². The summed E-state index contributed by atoms with van der Waals surface area (Å²) in [4.78, 5) is 21.1. The first-order chi connectivity index (χ1) is 11.0. The molecule has 5 heteroatoms. The third kappa shape index (κ3) is 3.79. The molecule has 0 aliphatic rings. The Morgan fingerprint density at radius 2 is 1.96 bits per heavy atom. The number of carbonyl (C=O) groups is 1. The second-order valence-corrected chi connectivity index (χ2v) is 6.05. The molecule has 0 saturated heterocycles. The Morgan fingerprint density at radius 3 is 2.57 bits per heavy atom. The van der Waals surface area contributed by atoms with Crippen molar-refractivity contribution in [1.29, 1.82) is 0 Å². The molecule has 23 heavy (non-hydrogen) atoms. The summed E-state index contributed by atoms with van der Waals surface area (Å²) in [6.45, 7) is 5.48. The molecule has 1 amide bonds. The van der Waals surface area contributed by atoms with Crippen molar-refractivity contribution in [2.24, 2.45) is 0 Å². The molecule has 5 nitrogen and oxygen atoms in total. The standard InChI is InChI=1S/C18H26N4O/c1-6-22-12-11-19-16(22)13-21(5)18(23)17(20(3)4)15-10-8-7-9-14(15)2/h7-12,17H,6,13H2,1-5H3. The van der Waals surface area contributed by atoms with Crippen molar-refractivity contribution in [3.63, 3.8) is 0 Å². The highest BCUT2D eigenvalue weighted by molar-refractivity contribution is 5.83. The van der Waals surface area contributed by atoms with Gasteiger partial charge in [-0.05, 0) is 39.1 Å². The second-order valence-electron chi connectivity index (χ2n) is 6.05. The summed E-state index contributed by atoms with van der Waals surface area (Å²) in [6, 6.07) is 7.77. The van der Waals surface area contributed by atoms with Crippen molar-refractivity contribution < 1.29 is 4.79 Å². The molecular formula is C18H26N4O. The Labute approximate surface area is 138 Å². The molecule has 0 aliphatic heterocycles. The summed E-state index contributed by atoms with van der Waals surface area (Å²) in [5.41, 5.74) is 2.18. The van der Waals surface area contributed by atoms with E-state index < -0.39 is 0 Å². The molecule has 2 aromatic rings. The Balaban J connectivity index is 2.23. The van der Waals surface area contributed by atoms with Crippen LogP contribution in [0, 0.1) is 6.92 Å². The number of nitrogens with zero attached hydrogens (tertiary/aromatic N) is 4. The lowest BCUT2D eigenvalue weighted by atomic mass is 9.99. The van der Waals surface area contributed by atoms with Gasteiger partial charge in [-0.25, -0.2) is 4.98 Å². The second kappa shape index (κ2) is 7.42. The van der Waals surface area contributed by atoms with Crippen molar-refractivity contribution in [2.45, 2.75) is 33.0 Å². The van der Waals surface area contributed by atoms with Crippen LogP contribution in [-0.2, 0) is 17.9 Å². The van der Waals surface area contributed by atoms with Gasteiger partial charge >= 0.3 is 0 Å². The lowest BCUT2D eigenvalue weighted by Crippen LogP contribution is -2.38. The van der Waals surface area contributed by atoms with Crippen LogP contribution in [0.2, 0.25) is 0 Å². The van der Waals surface area contributed by atoms with E-state index in [-0.39, 0.29) is 11.9 Å². The van der Waals surface area contributed by atoms with Gasteiger partial charge in [0.25, 0.3) is 0 Å². The highest BCUT2D eigenvalue weighted by atomic mass is 16.2. The first-order valence-electron chi connectivity index (χ1n) is 7.92. The van der Waals surface area contributed by atoms with Gasteiger partial charge in [-0.15, -0.1) is 0 Å². The van der Waals surface area contributed by atoms with E-state index in [2.05, 4.69) is 16.5 Å². The van der Waals surface area contributed by atoms with Crippen molar-refractivity contribution in [1.82, 2.24) is 19.4 Å². The number of likely N-dealkylation sites (N-methyl/N-ethyl adjacent to an activating group) is 2. The maximum Gasteiger partial charge on any atom is 0.244 e. The lowest BCUT2D eigenvalue weighted by molar-refractivity contribution is -0.135. The fraction of sp³-hybridized carbons (Fsp3) is 0.444. The van der Waals surface area contributed by atoms with Crippen LogP contribution < -0.4 is 0 Å². The van der Waals surface area contributed by atoms with Gasteiger partial charge in [-0.1, -0.05) is 24.3 Å². The summed E-state index contributed by atoms with van der Waals surface area (Å²) >= 11 is 0. The minimum absolute atomic E-state index is 0.0787. The fourth-order valence-electron chi connectivity index (χ4n) is 2.80. The number of amides is 1. The molecule has 1 atom stereocenters. The maximum atomic E-state index is 13.0. The van der Waals surface area contributed by atoms with Crippen molar-refractivity contribution in [3.05, 3.63) is 53.6 Å². The summed E-state index contributed by atoms with van der Waals surface area (Å²) in [7, 11) is 5.72. The van der Waals surface area contributed by atoms with Gasteiger partial charge in [0.2, 0.25) is 5.91 Å². The highest BCUT2D eigenvalue weighted by Gasteiger charge is 2.27. The highest BCUT2D eigenvalue weighted by Crippen LogP contribution is 2.24. The molecule has 0 fully saturated rings. The Kier molecular flexibility index (Phi) is 5.55. The van der Waals surface area contributed by atoms with Crippen LogP contribution in [0.5, 0.6) is 0 Å². The number of aromatic nitrogens is 2. The molecule has 0 radical (unpaired) electrons. The Hall–Kier alpha value is -2.14. The lowest BCUT2D eigenvalue weighted by Gasteiger charge is -2.29. The number of hydrogen-bond donors (Lipinski definition) is 0. The molecule has 0 spiro atoms. The van der Waals surface area contributed by atoms with Gasteiger partial charge < -0.3 is 9.47 Å². The molecule has 1 aromatic heterocycles. The summed E-state index contributed by atoms with van der Waals surface area (Å²) in [5.74, 6) is 0.987. The van der Waals surface area contributed by atoms with Crippen molar-refractivity contribution in [3.8, 4) is 0 Å². The molecule has 1 aromatic carbocycles. The number of aryl methyl sites for hydroxylation is 2. The molecule has 124 valence electrons. The zero-order valence-corrected chi connectivity index (χ0v) is 14.7. The van der Waals surface area contributed by atoms with E-state index in [1.165, 1.54) is 0 Å². The number of imidazole rings is 1. The maximum absolute atomic E-state index is 13.0. The molecule has 0 bridgehead atoms. The van der Waals surface area contributed by atoms with E-state index in [1.54, 1.807) is 11.1 Å². The van der Waals surface area contributed by atoms with E-state index in [0.29, 0.717) is 6.54 Å². The first kappa shape index (κ1) is 17.2. The molecule has 2 rings (SSSR count). The van der Waals surface area contributed by atoms with Crippen LogP contribution in [0.15, 0.2) is 36.7 Å². The van der Waals surface area contributed by atoms with Crippen LogP contribution in [0.4, 0.5) is 0 Å². The smallest absolute Gasteiger partial charge is 0.244 e. The normalized spacial score (nSPS) is 12.4. The predicted octanol–water partition coefficient (Wildman–Crippen LogP) is 2.47. The SMILES string of the molecule is CCn1ccnc1CN(C)C(=O)C(c1ccccc1C)N(C)C. The zero-order chi connectivity index (χ0) is 17.0. The van der Waals surface area contributed by atoms with E-state index in [1.807, 2.05) is 63.4 Å². The third-order valence-electron chi connectivity index (χ3n) is 4.13. The van der Waals surface area contributed by atoms with Crippen molar-refractivity contribution in [2.75, 3.05) is 21.1 Å². The van der Waals surface area contributed by atoms with Gasteiger partial charge in [-0.2, -0.15) is 0 Å². The van der Waals surface area contributed by atoms with Gasteiger partial charge in [-0.3, -0.25) is 9.69 Å². The van der Waals surface area contributed by atoms with Gasteiger partial charge in [0.15, 0.2) is 0 Å². The summed E-state index contributed by atoms with van der Waals surface area (Å²) < 4.78 is 2.06. The van der Waals surface area contributed by atoms with Crippen molar-refractivity contribution >= 4 is 5.91 Å². The minimum Gasteiger partial charge on any atom is -0.337 e. The van der Waals surface area contributed by atoms with Crippen LogP contribution in [0.25, 0.3) is 0 Å². The average Bonchev–Trinajstić information content (AvgIpc) is 2.96. The largest absolute Gasteiger partial charge is 0.337 e. The van der Waals surface area contributed by atoms with Gasteiger partial charge in [0, 0.05) is 26.0 Å².